The summed E-state index contributed by atoms with van der Waals surface area (Å²) in [5.41, 5.74) is 2.03. The minimum atomic E-state index is -0.574. The van der Waals surface area contributed by atoms with Crippen LogP contribution in [0.5, 0.6) is 11.5 Å². The van der Waals surface area contributed by atoms with Crippen molar-refractivity contribution in [2.45, 2.75) is 13.8 Å². The molecule has 3 aromatic rings. The number of aromatic nitrogens is 2. The number of nitrogens with zero attached hydrogens (tertiary/aromatic N) is 2. The van der Waals surface area contributed by atoms with Gasteiger partial charge in [-0.25, -0.2) is 0 Å². The highest BCUT2D eigenvalue weighted by Crippen LogP contribution is 2.31. The Morgan fingerprint density at radius 1 is 1.15 bits per heavy atom. The highest BCUT2D eigenvalue weighted by atomic mass is 35.5. The maximum Gasteiger partial charge on any atom is 0.275 e. The van der Waals surface area contributed by atoms with Gasteiger partial charge < -0.3 is 10.1 Å². The molecule has 8 nitrogen and oxygen atoms in total. The lowest BCUT2D eigenvalue weighted by Crippen LogP contribution is -2.13. The Bertz CT molecular complexity index is 1010. The van der Waals surface area contributed by atoms with Crippen molar-refractivity contribution in [1.29, 1.82) is 0 Å². The van der Waals surface area contributed by atoms with E-state index in [-0.39, 0.29) is 27.8 Å². The van der Waals surface area contributed by atoms with Gasteiger partial charge in [-0.2, -0.15) is 5.10 Å². The first kappa shape index (κ1) is 18.4. The van der Waals surface area contributed by atoms with Gasteiger partial charge in [0.05, 0.1) is 27.9 Å². The van der Waals surface area contributed by atoms with Crippen molar-refractivity contribution < 1.29 is 14.5 Å². The van der Waals surface area contributed by atoms with Crippen LogP contribution in [0, 0.1) is 24.0 Å². The number of non-ortho nitro benzene ring substituents is 1. The smallest absolute Gasteiger partial charge is 0.275 e. The van der Waals surface area contributed by atoms with Crippen LogP contribution in [0.2, 0.25) is 5.02 Å². The van der Waals surface area contributed by atoms with Gasteiger partial charge in [-0.1, -0.05) is 17.7 Å². The molecule has 0 bridgehead atoms. The Kier molecular flexibility index (Phi) is 5.09. The van der Waals surface area contributed by atoms with Gasteiger partial charge in [-0.15, -0.1) is 0 Å². The summed E-state index contributed by atoms with van der Waals surface area (Å²) in [5, 5.41) is 20.1. The van der Waals surface area contributed by atoms with E-state index in [4.69, 9.17) is 16.3 Å². The number of anilines is 1. The van der Waals surface area contributed by atoms with Crippen molar-refractivity contribution in [3.05, 3.63) is 74.6 Å². The van der Waals surface area contributed by atoms with Gasteiger partial charge in [0.2, 0.25) is 0 Å². The van der Waals surface area contributed by atoms with E-state index < -0.39 is 10.8 Å². The molecule has 0 aliphatic heterocycles. The molecular formula is C18H15ClN4O4. The third-order valence-corrected chi connectivity index (χ3v) is 3.90. The Morgan fingerprint density at radius 2 is 1.81 bits per heavy atom. The zero-order valence-electron chi connectivity index (χ0n) is 14.4. The molecule has 0 spiro atoms. The normalized spacial score (nSPS) is 10.5. The first-order valence-corrected chi connectivity index (χ1v) is 8.25. The summed E-state index contributed by atoms with van der Waals surface area (Å²) in [5.74, 6) is 0.192. The molecule has 138 valence electrons. The van der Waals surface area contributed by atoms with Crippen LogP contribution >= 0.6 is 11.6 Å². The molecular weight excluding hydrogens is 372 g/mol. The van der Waals surface area contributed by atoms with Crippen molar-refractivity contribution in [3.8, 4) is 11.5 Å². The van der Waals surface area contributed by atoms with Crippen molar-refractivity contribution >= 4 is 28.9 Å². The molecule has 1 amide bonds. The number of nitro benzene ring substituents is 1. The average molecular weight is 387 g/mol. The number of aromatic amines is 1. The lowest BCUT2D eigenvalue weighted by Gasteiger charge is -2.10. The van der Waals surface area contributed by atoms with E-state index in [1.165, 1.54) is 24.4 Å². The molecule has 0 fully saturated rings. The highest BCUT2D eigenvalue weighted by Gasteiger charge is 2.16. The topological polar surface area (TPSA) is 110 Å². The van der Waals surface area contributed by atoms with E-state index in [1.54, 1.807) is 0 Å². The Labute approximate surface area is 159 Å². The SMILES string of the molecule is Cc1cc(C)cc(Oc2cc(NC(=O)c3[nH]ncc3Cl)cc([N+](=O)[O-])c2)c1. The number of aryl methyl sites for hydroxylation is 2. The number of halogens is 1. The quantitative estimate of drug-likeness (QED) is 0.490. The number of carbonyl (C=O) groups excluding carboxylic acids is 1. The number of nitrogens with one attached hydrogen (secondary N) is 2. The molecule has 2 aromatic carbocycles. The number of carbonyl (C=O) groups is 1. The number of hydrogen-bond donors (Lipinski definition) is 2. The summed E-state index contributed by atoms with van der Waals surface area (Å²) in [7, 11) is 0. The third-order valence-electron chi connectivity index (χ3n) is 3.61. The summed E-state index contributed by atoms with van der Waals surface area (Å²) in [6, 6.07) is 9.63. The van der Waals surface area contributed by atoms with E-state index in [1.807, 2.05) is 32.0 Å². The monoisotopic (exact) mass is 386 g/mol. The molecule has 0 aliphatic carbocycles. The van der Waals surface area contributed by atoms with Crippen LogP contribution in [0.1, 0.15) is 21.6 Å². The van der Waals surface area contributed by atoms with E-state index in [2.05, 4.69) is 15.5 Å². The van der Waals surface area contributed by atoms with E-state index >= 15 is 0 Å². The van der Waals surface area contributed by atoms with Crippen molar-refractivity contribution in [1.82, 2.24) is 10.2 Å². The molecule has 0 saturated carbocycles. The fraction of sp³-hybridized carbons (Fsp3) is 0.111. The van der Waals surface area contributed by atoms with Gasteiger partial charge in [0, 0.05) is 12.1 Å². The molecule has 0 radical (unpaired) electrons. The lowest BCUT2D eigenvalue weighted by atomic mass is 10.1. The second-order valence-corrected chi connectivity index (χ2v) is 6.35. The Balaban J connectivity index is 1.91. The summed E-state index contributed by atoms with van der Waals surface area (Å²) in [6.45, 7) is 3.85. The van der Waals surface area contributed by atoms with Crippen LogP contribution in [0.25, 0.3) is 0 Å². The van der Waals surface area contributed by atoms with Crippen LogP contribution in [0.15, 0.2) is 42.6 Å². The molecule has 0 unspecified atom stereocenters. The van der Waals surface area contributed by atoms with Gasteiger partial charge in [0.25, 0.3) is 11.6 Å². The largest absolute Gasteiger partial charge is 0.457 e. The van der Waals surface area contributed by atoms with Crippen LogP contribution < -0.4 is 10.1 Å². The van der Waals surface area contributed by atoms with Gasteiger partial charge in [-0.3, -0.25) is 20.0 Å². The second kappa shape index (κ2) is 7.46. The van der Waals surface area contributed by atoms with Gasteiger partial charge in [-0.05, 0) is 37.1 Å². The summed E-state index contributed by atoms with van der Waals surface area (Å²) in [4.78, 5) is 22.9. The van der Waals surface area contributed by atoms with E-state index in [0.717, 1.165) is 11.1 Å². The summed E-state index contributed by atoms with van der Waals surface area (Å²) >= 11 is 5.86. The van der Waals surface area contributed by atoms with E-state index in [9.17, 15) is 14.9 Å². The molecule has 0 aliphatic rings. The van der Waals surface area contributed by atoms with Crippen molar-refractivity contribution in [3.63, 3.8) is 0 Å². The highest BCUT2D eigenvalue weighted by molar-refractivity contribution is 6.34. The zero-order chi connectivity index (χ0) is 19.6. The van der Waals surface area contributed by atoms with Crippen LogP contribution in [-0.2, 0) is 0 Å². The molecule has 0 saturated heterocycles. The van der Waals surface area contributed by atoms with Gasteiger partial charge in [0.1, 0.15) is 17.2 Å². The Morgan fingerprint density at radius 3 is 2.41 bits per heavy atom. The number of rotatable bonds is 5. The number of H-pyrrole nitrogens is 1. The molecule has 2 N–H and O–H groups in total. The van der Waals surface area contributed by atoms with Crippen molar-refractivity contribution in [2.75, 3.05) is 5.32 Å². The second-order valence-electron chi connectivity index (χ2n) is 5.95. The number of benzene rings is 2. The molecule has 3 rings (SSSR count). The number of ether oxygens (including phenoxy) is 1. The van der Waals surface area contributed by atoms with Gasteiger partial charge >= 0.3 is 0 Å². The molecule has 1 aromatic heterocycles. The predicted molar refractivity (Wildman–Crippen MR) is 101 cm³/mol. The first-order chi connectivity index (χ1) is 12.8. The number of nitro groups is 1. The summed E-state index contributed by atoms with van der Waals surface area (Å²) < 4.78 is 5.77. The fourth-order valence-electron chi connectivity index (χ4n) is 2.57. The third kappa shape index (κ3) is 4.42. The Hall–Kier alpha value is -3.39. The van der Waals surface area contributed by atoms with Gasteiger partial charge in [0.15, 0.2) is 0 Å². The minimum absolute atomic E-state index is 0.0555. The van der Waals surface area contributed by atoms with E-state index in [0.29, 0.717) is 5.75 Å². The molecule has 27 heavy (non-hydrogen) atoms. The lowest BCUT2D eigenvalue weighted by molar-refractivity contribution is -0.384. The van der Waals surface area contributed by atoms with Crippen molar-refractivity contribution in [2.24, 2.45) is 0 Å². The molecule has 1 heterocycles. The first-order valence-electron chi connectivity index (χ1n) is 7.87. The van der Waals surface area contributed by atoms with Crippen LogP contribution in [0.4, 0.5) is 11.4 Å². The maximum absolute atomic E-state index is 12.3. The average Bonchev–Trinajstić information content (AvgIpc) is 2.99. The number of hydrogen-bond acceptors (Lipinski definition) is 5. The molecule has 9 heteroatoms. The minimum Gasteiger partial charge on any atom is -0.457 e. The standard InChI is InChI=1S/C18H15ClN4O4/c1-10-3-11(2)5-14(4-10)27-15-7-12(6-13(8-15)23(25)26)21-18(24)17-16(19)9-20-22-17/h3-9H,1-2H3,(H,20,22)(H,21,24). The predicted octanol–water partition coefficient (Wildman–Crippen LogP) is 4.63. The van der Waals surface area contributed by atoms with Crippen LogP contribution in [0.3, 0.4) is 0 Å². The maximum atomic E-state index is 12.3. The fourth-order valence-corrected chi connectivity index (χ4v) is 2.75. The number of amides is 1. The van der Waals surface area contributed by atoms with Crippen LogP contribution in [-0.4, -0.2) is 21.0 Å². The zero-order valence-corrected chi connectivity index (χ0v) is 15.2. The molecule has 0 atom stereocenters. The summed E-state index contributed by atoms with van der Waals surface area (Å²) in [6.07, 6.45) is 1.29.